The highest BCUT2D eigenvalue weighted by molar-refractivity contribution is 5.97. The minimum absolute atomic E-state index is 0.0478. The Morgan fingerprint density at radius 1 is 1.24 bits per heavy atom. The molecule has 2 unspecified atom stereocenters. The predicted molar refractivity (Wildman–Crippen MR) is 85.4 cm³/mol. The number of fused-ring (bicyclic) bond motifs is 1. The lowest BCUT2D eigenvalue weighted by molar-refractivity contribution is 0.190. The van der Waals surface area contributed by atoms with Gasteiger partial charge in [-0.15, -0.1) is 0 Å². The quantitative estimate of drug-likeness (QED) is 0.821. The zero-order valence-corrected chi connectivity index (χ0v) is 13.7. The molecule has 0 aromatic carbocycles. The van der Waals surface area contributed by atoms with Crippen molar-refractivity contribution in [2.24, 2.45) is 11.3 Å². The van der Waals surface area contributed by atoms with E-state index in [2.05, 4.69) is 31.0 Å². The van der Waals surface area contributed by atoms with Gasteiger partial charge in [0.2, 0.25) is 0 Å². The Balaban J connectivity index is 1.85. The molecule has 4 nitrogen and oxygen atoms in total. The summed E-state index contributed by atoms with van der Waals surface area (Å²) < 4.78 is 5.88. The molecule has 0 aromatic heterocycles. The molecule has 0 amide bonds. The van der Waals surface area contributed by atoms with Crippen molar-refractivity contribution in [1.29, 1.82) is 5.41 Å². The zero-order valence-electron chi connectivity index (χ0n) is 13.7. The van der Waals surface area contributed by atoms with Gasteiger partial charge in [-0.3, -0.25) is 4.90 Å². The second kappa shape index (κ2) is 5.25. The van der Waals surface area contributed by atoms with E-state index in [1.165, 1.54) is 11.1 Å². The van der Waals surface area contributed by atoms with Crippen molar-refractivity contribution < 1.29 is 4.74 Å². The van der Waals surface area contributed by atoms with Gasteiger partial charge in [-0.1, -0.05) is 6.92 Å². The van der Waals surface area contributed by atoms with Gasteiger partial charge in [-0.25, -0.2) is 0 Å². The lowest BCUT2D eigenvalue weighted by Crippen LogP contribution is -2.48. The SMILES string of the molecule is CC1=C(C)C2C(=N)C(C)(CN3CCNCC3)CC2=C(C)O1. The van der Waals surface area contributed by atoms with Crippen molar-refractivity contribution >= 4 is 5.71 Å². The predicted octanol–water partition coefficient (Wildman–Crippen LogP) is 2.54. The molecule has 0 bridgehead atoms. The summed E-state index contributed by atoms with van der Waals surface area (Å²) in [6.45, 7) is 13.8. The zero-order chi connectivity index (χ0) is 15.2. The number of hydrogen-bond acceptors (Lipinski definition) is 4. The average molecular weight is 289 g/mol. The molecule has 2 fully saturated rings. The first-order valence-corrected chi connectivity index (χ1v) is 7.99. The van der Waals surface area contributed by atoms with Gasteiger partial charge >= 0.3 is 0 Å². The normalized spacial score (nSPS) is 34.3. The van der Waals surface area contributed by atoms with E-state index in [1.54, 1.807) is 0 Å². The van der Waals surface area contributed by atoms with Crippen LogP contribution in [-0.4, -0.2) is 43.3 Å². The molecule has 3 rings (SSSR count). The molecule has 21 heavy (non-hydrogen) atoms. The highest BCUT2D eigenvalue weighted by Crippen LogP contribution is 2.49. The van der Waals surface area contributed by atoms with E-state index in [9.17, 15) is 0 Å². The molecular weight excluding hydrogens is 262 g/mol. The maximum atomic E-state index is 8.79. The first-order chi connectivity index (χ1) is 9.92. The summed E-state index contributed by atoms with van der Waals surface area (Å²) in [4.78, 5) is 2.50. The van der Waals surface area contributed by atoms with E-state index >= 15 is 0 Å². The molecule has 4 heteroatoms. The number of nitrogens with one attached hydrogen (secondary N) is 2. The van der Waals surface area contributed by atoms with E-state index in [-0.39, 0.29) is 11.3 Å². The summed E-state index contributed by atoms with van der Waals surface area (Å²) in [7, 11) is 0. The lowest BCUT2D eigenvalue weighted by atomic mass is 9.83. The lowest BCUT2D eigenvalue weighted by Gasteiger charge is -2.35. The molecular formula is C17H27N3O. The molecule has 0 aromatic rings. The first kappa shape index (κ1) is 14.8. The molecule has 116 valence electrons. The minimum Gasteiger partial charge on any atom is -0.467 e. The van der Waals surface area contributed by atoms with E-state index in [0.717, 1.165) is 56.4 Å². The molecule has 2 atom stereocenters. The summed E-state index contributed by atoms with van der Waals surface area (Å²) in [5.41, 5.74) is 3.40. The number of nitrogens with zero attached hydrogens (tertiary/aromatic N) is 1. The van der Waals surface area contributed by atoms with Crippen LogP contribution in [0, 0.1) is 16.7 Å². The summed E-state index contributed by atoms with van der Waals surface area (Å²) in [5.74, 6) is 2.20. The number of hydrogen-bond donors (Lipinski definition) is 2. The summed E-state index contributed by atoms with van der Waals surface area (Å²) in [5, 5.41) is 12.2. The van der Waals surface area contributed by atoms with Crippen LogP contribution in [0.3, 0.4) is 0 Å². The summed E-state index contributed by atoms with van der Waals surface area (Å²) >= 11 is 0. The Labute approximate surface area is 127 Å². The Morgan fingerprint density at radius 3 is 2.57 bits per heavy atom. The summed E-state index contributed by atoms with van der Waals surface area (Å²) in [6.07, 6.45) is 0.969. The van der Waals surface area contributed by atoms with Crippen LogP contribution in [-0.2, 0) is 4.74 Å². The molecule has 1 aliphatic carbocycles. The van der Waals surface area contributed by atoms with Crippen LogP contribution in [0.2, 0.25) is 0 Å². The van der Waals surface area contributed by atoms with Crippen LogP contribution < -0.4 is 5.32 Å². The van der Waals surface area contributed by atoms with E-state index in [4.69, 9.17) is 10.1 Å². The van der Waals surface area contributed by atoms with Crippen molar-refractivity contribution in [3.63, 3.8) is 0 Å². The Bertz CT molecular complexity index is 528. The van der Waals surface area contributed by atoms with E-state index in [1.807, 2.05) is 6.92 Å². The number of piperazine rings is 1. The fourth-order valence-electron chi connectivity index (χ4n) is 4.03. The maximum Gasteiger partial charge on any atom is 0.101 e. The third kappa shape index (κ3) is 2.44. The first-order valence-electron chi connectivity index (χ1n) is 7.99. The number of ether oxygens (including phenoxy) is 1. The van der Waals surface area contributed by atoms with Crippen LogP contribution in [0.4, 0.5) is 0 Å². The number of allylic oxidation sites excluding steroid dienone is 4. The van der Waals surface area contributed by atoms with Crippen molar-refractivity contribution in [1.82, 2.24) is 10.2 Å². The van der Waals surface area contributed by atoms with Gasteiger partial charge in [-0.2, -0.15) is 0 Å². The summed E-state index contributed by atoms with van der Waals surface area (Å²) in [6, 6.07) is 0. The second-order valence-corrected chi connectivity index (χ2v) is 7.03. The molecule has 0 spiro atoms. The van der Waals surface area contributed by atoms with Crippen LogP contribution in [0.1, 0.15) is 34.1 Å². The van der Waals surface area contributed by atoms with Gasteiger partial charge < -0.3 is 15.5 Å². The molecule has 2 N–H and O–H groups in total. The van der Waals surface area contributed by atoms with E-state index in [0.29, 0.717) is 0 Å². The molecule has 0 radical (unpaired) electrons. The monoisotopic (exact) mass is 289 g/mol. The van der Waals surface area contributed by atoms with E-state index < -0.39 is 0 Å². The largest absolute Gasteiger partial charge is 0.467 e. The smallest absolute Gasteiger partial charge is 0.101 e. The maximum absolute atomic E-state index is 8.79. The fraction of sp³-hybridized carbons (Fsp3) is 0.706. The van der Waals surface area contributed by atoms with Crippen molar-refractivity contribution in [2.45, 2.75) is 34.1 Å². The van der Waals surface area contributed by atoms with Gasteiger partial charge in [0.25, 0.3) is 0 Å². The Morgan fingerprint density at radius 2 is 1.90 bits per heavy atom. The van der Waals surface area contributed by atoms with Crippen molar-refractivity contribution in [3.05, 3.63) is 22.7 Å². The fourth-order valence-corrected chi connectivity index (χ4v) is 4.03. The molecule has 1 saturated heterocycles. The van der Waals surface area contributed by atoms with Gasteiger partial charge in [0.15, 0.2) is 0 Å². The Kier molecular flexibility index (Phi) is 3.70. The third-order valence-electron chi connectivity index (χ3n) is 5.40. The highest BCUT2D eigenvalue weighted by Gasteiger charge is 2.48. The van der Waals surface area contributed by atoms with Gasteiger partial charge in [0.05, 0.1) is 0 Å². The third-order valence-corrected chi connectivity index (χ3v) is 5.40. The number of rotatable bonds is 2. The average Bonchev–Trinajstić information content (AvgIpc) is 2.71. The van der Waals surface area contributed by atoms with Crippen LogP contribution in [0.15, 0.2) is 22.7 Å². The molecule has 1 saturated carbocycles. The topological polar surface area (TPSA) is 48.4 Å². The Hall–Kier alpha value is -1.13. The standard InChI is InChI=1S/C17H27N3O/c1-11-12(2)21-13(3)14-9-17(4,16(18)15(11)14)10-20-7-5-19-6-8-20/h15,18-19H,5-10H2,1-4H3. The highest BCUT2D eigenvalue weighted by atomic mass is 16.5. The molecule has 2 aliphatic heterocycles. The van der Waals surface area contributed by atoms with Gasteiger partial charge in [-0.05, 0) is 38.3 Å². The van der Waals surface area contributed by atoms with Crippen molar-refractivity contribution in [2.75, 3.05) is 32.7 Å². The molecule has 2 heterocycles. The van der Waals surface area contributed by atoms with Gasteiger partial charge in [0, 0.05) is 49.8 Å². The van der Waals surface area contributed by atoms with Crippen LogP contribution in [0.5, 0.6) is 0 Å². The van der Waals surface area contributed by atoms with Crippen LogP contribution >= 0.6 is 0 Å². The molecule has 3 aliphatic rings. The minimum atomic E-state index is -0.0478. The van der Waals surface area contributed by atoms with Crippen molar-refractivity contribution in [3.8, 4) is 0 Å². The van der Waals surface area contributed by atoms with Gasteiger partial charge in [0.1, 0.15) is 11.5 Å². The van der Waals surface area contributed by atoms with Crippen LogP contribution in [0.25, 0.3) is 0 Å². The second-order valence-electron chi connectivity index (χ2n) is 7.03.